The van der Waals surface area contributed by atoms with Crippen molar-refractivity contribution in [2.75, 3.05) is 32.9 Å². The molecule has 0 unspecified atom stereocenters. The van der Waals surface area contributed by atoms with Crippen molar-refractivity contribution >= 4 is 5.91 Å². The molecular weight excluding hydrogens is 352 g/mol. The molecule has 5 nitrogen and oxygen atoms in total. The zero-order chi connectivity index (χ0) is 18.9. The number of likely N-dealkylation sites (tertiary alicyclic amines) is 1. The predicted octanol–water partition coefficient (Wildman–Crippen LogP) is 3.22. The maximum absolute atomic E-state index is 12.6. The minimum Gasteiger partial charge on any atom is -0.381 e. The van der Waals surface area contributed by atoms with Crippen molar-refractivity contribution in [2.45, 2.75) is 94.9 Å². The summed E-state index contributed by atoms with van der Waals surface area (Å²) in [5.74, 6) is 1.92. The monoisotopic (exact) mass is 390 g/mol. The molecule has 0 aromatic heterocycles. The van der Waals surface area contributed by atoms with E-state index >= 15 is 0 Å². The molecule has 5 aliphatic rings. The van der Waals surface area contributed by atoms with Crippen molar-refractivity contribution in [3.05, 3.63) is 0 Å². The normalized spacial score (nSPS) is 38.0. The van der Waals surface area contributed by atoms with E-state index in [-0.39, 0.29) is 5.91 Å². The third-order valence-electron chi connectivity index (χ3n) is 8.11. The molecular formula is C23H38N2O3. The highest BCUT2D eigenvalue weighted by molar-refractivity contribution is 5.79. The summed E-state index contributed by atoms with van der Waals surface area (Å²) < 4.78 is 11.7. The number of amides is 1. The highest BCUT2D eigenvalue weighted by atomic mass is 16.5. The summed E-state index contributed by atoms with van der Waals surface area (Å²) in [5, 5.41) is 0. The Bertz CT molecular complexity index is 536. The fraction of sp³-hybridized carbons (Fsp3) is 0.957. The van der Waals surface area contributed by atoms with Crippen molar-refractivity contribution < 1.29 is 14.3 Å². The number of morpholine rings is 1. The zero-order valence-electron chi connectivity index (χ0n) is 17.4. The molecule has 0 aromatic carbocycles. The van der Waals surface area contributed by atoms with Crippen LogP contribution in [0.1, 0.15) is 70.6 Å². The Morgan fingerprint density at radius 3 is 2.18 bits per heavy atom. The van der Waals surface area contributed by atoms with E-state index in [1.54, 1.807) is 0 Å². The van der Waals surface area contributed by atoms with Gasteiger partial charge in [0.15, 0.2) is 0 Å². The van der Waals surface area contributed by atoms with Crippen LogP contribution in [0.4, 0.5) is 0 Å². The van der Waals surface area contributed by atoms with E-state index in [0.29, 0.717) is 24.8 Å². The van der Waals surface area contributed by atoms with Crippen LogP contribution in [-0.4, -0.2) is 72.8 Å². The van der Waals surface area contributed by atoms with Crippen LogP contribution in [0.25, 0.3) is 0 Å². The lowest BCUT2D eigenvalue weighted by Gasteiger charge is -2.47. The first kappa shape index (κ1) is 19.3. The summed E-state index contributed by atoms with van der Waals surface area (Å²) in [4.78, 5) is 17.6. The number of hydrogen-bond acceptors (Lipinski definition) is 4. The summed E-state index contributed by atoms with van der Waals surface area (Å²) in [6.45, 7) is 4.65. The third-order valence-corrected chi connectivity index (χ3v) is 8.11. The maximum atomic E-state index is 12.6. The molecule has 0 N–H and O–H groups in total. The van der Waals surface area contributed by atoms with Crippen molar-refractivity contribution in [1.82, 2.24) is 9.80 Å². The van der Waals surface area contributed by atoms with Gasteiger partial charge in [0.2, 0.25) is 5.91 Å². The molecule has 3 saturated carbocycles. The average molecular weight is 391 g/mol. The highest BCUT2D eigenvalue weighted by Gasteiger charge is 2.43. The predicted molar refractivity (Wildman–Crippen MR) is 108 cm³/mol. The van der Waals surface area contributed by atoms with Gasteiger partial charge in [0.25, 0.3) is 0 Å². The van der Waals surface area contributed by atoms with Gasteiger partial charge in [0.05, 0.1) is 12.1 Å². The standard InChI is InChI=1S/C23H38N2O3/c26-23-16-28-22-3-1-2-21(22)25(23)20-10-12-24(13-11-20)19-8-6-18(7-9-19)15-27-14-17-4-5-17/h17-22H,1-16H2/t18-,19-,21-,22+/m0/s1. The van der Waals surface area contributed by atoms with Crippen LogP contribution < -0.4 is 0 Å². The molecule has 0 radical (unpaired) electrons. The Labute approximate surface area is 170 Å². The van der Waals surface area contributed by atoms with E-state index in [9.17, 15) is 4.79 Å². The number of carbonyl (C=O) groups excluding carboxylic acids is 1. The molecule has 0 bridgehead atoms. The lowest BCUT2D eigenvalue weighted by atomic mass is 9.84. The van der Waals surface area contributed by atoms with Crippen molar-refractivity contribution in [3.63, 3.8) is 0 Å². The van der Waals surface area contributed by atoms with Gasteiger partial charge in [-0.25, -0.2) is 0 Å². The quantitative estimate of drug-likeness (QED) is 0.698. The van der Waals surface area contributed by atoms with Gasteiger partial charge in [-0.15, -0.1) is 0 Å². The lowest BCUT2D eigenvalue weighted by molar-refractivity contribution is -0.160. The fourth-order valence-corrected chi connectivity index (χ4v) is 6.22. The summed E-state index contributed by atoms with van der Waals surface area (Å²) >= 11 is 0. The lowest BCUT2D eigenvalue weighted by Crippen LogP contribution is -2.59. The van der Waals surface area contributed by atoms with E-state index < -0.39 is 0 Å². The number of nitrogens with zero attached hydrogens (tertiary/aromatic N) is 2. The number of rotatable bonds is 6. The topological polar surface area (TPSA) is 42.0 Å². The zero-order valence-corrected chi connectivity index (χ0v) is 17.4. The molecule has 5 heteroatoms. The Balaban J connectivity index is 1.06. The SMILES string of the molecule is O=C1CO[C@@H]2CCC[C@@H]2N1C1CCN([C@H]2CC[C@H](COCC3CC3)CC2)CC1. The van der Waals surface area contributed by atoms with Gasteiger partial charge >= 0.3 is 0 Å². The summed E-state index contributed by atoms with van der Waals surface area (Å²) in [5.41, 5.74) is 0. The summed E-state index contributed by atoms with van der Waals surface area (Å²) in [7, 11) is 0. The van der Waals surface area contributed by atoms with E-state index in [2.05, 4.69) is 9.80 Å². The molecule has 2 saturated heterocycles. The van der Waals surface area contributed by atoms with Crippen molar-refractivity contribution in [3.8, 4) is 0 Å². The van der Waals surface area contributed by atoms with E-state index in [1.807, 2.05) is 0 Å². The van der Waals surface area contributed by atoms with E-state index in [4.69, 9.17) is 9.47 Å². The van der Waals surface area contributed by atoms with Crippen molar-refractivity contribution in [2.24, 2.45) is 11.8 Å². The molecule has 0 spiro atoms. The average Bonchev–Trinajstić information content (AvgIpc) is 3.43. The minimum atomic E-state index is 0.244. The van der Waals surface area contributed by atoms with Gasteiger partial charge in [-0.1, -0.05) is 0 Å². The number of fused-ring (bicyclic) bond motifs is 1. The largest absolute Gasteiger partial charge is 0.381 e. The number of piperidine rings is 1. The molecule has 5 rings (SSSR count). The number of carbonyl (C=O) groups is 1. The first-order chi connectivity index (χ1) is 13.8. The molecule has 2 atom stereocenters. The van der Waals surface area contributed by atoms with Crippen LogP contribution in [0.5, 0.6) is 0 Å². The Morgan fingerprint density at radius 1 is 0.821 bits per heavy atom. The molecule has 28 heavy (non-hydrogen) atoms. The van der Waals surface area contributed by atoms with Crippen LogP contribution in [0.15, 0.2) is 0 Å². The maximum Gasteiger partial charge on any atom is 0.249 e. The second-order valence-electron chi connectivity index (χ2n) is 10.1. The molecule has 158 valence electrons. The van der Waals surface area contributed by atoms with Gasteiger partial charge in [-0.05, 0) is 82.5 Å². The van der Waals surface area contributed by atoms with E-state index in [0.717, 1.165) is 56.8 Å². The fourth-order valence-electron chi connectivity index (χ4n) is 6.22. The van der Waals surface area contributed by atoms with Crippen LogP contribution in [0.3, 0.4) is 0 Å². The first-order valence-electron chi connectivity index (χ1n) is 12.0. The second-order valence-corrected chi connectivity index (χ2v) is 10.1. The minimum absolute atomic E-state index is 0.244. The smallest absolute Gasteiger partial charge is 0.249 e. The summed E-state index contributed by atoms with van der Waals surface area (Å²) in [6, 6.07) is 1.58. The number of ether oxygens (including phenoxy) is 2. The van der Waals surface area contributed by atoms with Crippen LogP contribution in [-0.2, 0) is 14.3 Å². The van der Waals surface area contributed by atoms with Crippen molar-refractivity contribution in [1.29, 1.82) is 0 Å². The molecule has 2 aliphatic heterocycles. The van der Waals surface area contributed by atoms with Gasteiger partial charge in [-0.3, -0.25) is 4.79 Å². The summed E-state index contributed by atoms with van der Waals surface area (Å²) in [6.07, 6.45) is 14.2. The Hall–Kier alpha value is -0.650. The molecule has 1 amide bonds. The van der Waals surface area contributed by atoms with Gasteiger partial charge in [0.1, 0.15) is 6.61 Å². The first-order valence-corrected chi connectivity index (χ1v) is 12.0. The Kier molecular flexibility index (Phi) is 5.94. The van der Waals surface area contributed by atoms with Crippen LogP contribution in [0.2, 0.25) is 0 Å². The van der Waals surface area contributed by atoms with Crippen LogP contribution in [0, 0.1) is 11.8 Å². The van der Waals surface area contributed by atoms with Crippen LogP contribution >= 0.6 is 0 Å². The molecule has 5 fully saturated rings. The molecule has 2 heterocycles. The van der Waals surface area contributed by atoms with E-state index in [1.165, 1.54) is 58.0 Å². The van der Waals surface area contributed by atoms with Gasteiger partial charge in [-0.2, -0.15) is 0 Å². The Morgan fingerprint density at radius 2 is 1.50 bits per heavy atom. The third kappa shape index (κ3) is 4.27. The van der Waals surface area contributed by atoms with Gasteiger partial charge in [0, 0.05) is 38.4 Å². The number of hydrogen-bond donors (Lipinski definition) is 0. The second kappa shape index (κ2) is 8.61. The molecule has 3 aliphatic carbocycles. The highest BCUT2D eigenvalue weighted by Crippen LogP contribution is 2.35. The van der Waals surface area contributed by atoms with Gasteiger partial charge < -0.3 is 19.3 Å². The molecule has 0 aromatic rings.